The molecule has 0 saturated carbocycles. The molecular formula is C22H29IN6. The van der Waals surface area contributed by atoms with E-state index in [0.29, 0.717) is 6.54 Å². The second kappa shape index (κ2) is 10.9. The Bertz CT molecular complexity index is 946. The highest BCUT2D eigenvalue weighted by molar-refractivity contribution is 14.0. The Kier molecular flexibility index (Phi) is 8.63. The number of pyridine rings is 1. The molecule has 0 spiro atoms. The van der Waals surface area contributed by atoms with Crippen LogP contribution in [0.4, 0.5) is 0 Å². The van der Waals surface area contributed by atoms with E-state index < -0.39 is 0 Å². The summed E-state index contributed by atoms with van der Waals surface area (Å²) in [5.41, 5.74) is 5.61. The number of rotatable bonds is 6. The minimum absolute atomic E-state index is 0. The molecule has 0 aliphatic heterocycles. The van der Waals surface area contributed by atoms with Gasteiger partial charge in [0.15, 0.2) is 11.8 Å². The molecule has 154 valence electrons. The van der Waals surface area contributed by atoms with Gasteiger partial charge < -0.3 is 10.6 Å². The van der Waals surface area contributed by atoms with E-state index in [-0.39, 0.29) is 24.0 Å². The first-order chi connectivity index (χ1) is 13.5. The second-order valence-electron chi connectivity index (χ2n) is 6.90. The molecule has 0 atom stereocenters. The lowest BCUT2D eigenvalue weighted by atomic mass is 10.1. The Balaban J connectivity index is 0.00000300. The zero-order valence-corrected chi connectivity index (χ0v) is 19.8. The van der Waals surface area contributed by atoms with Gasteiger partial charge >= 0.3 is 0 Å². The van der Waals surface area contributed by atoms with Gasteiger partial charge in [-0.3, -0.25) is 0 Å². The van der Waals surface area contributed by atoms with Gasteiger partial charge in [0.05, 0.1) is 12.2 Å². The van der Waals surface area contributed by atoms with Crippen LogP contribution in [-0.2, 0) is 13.1 Å². The average molecular weight is 504 g/mol. The minimum atomic E-state index is 0. The fraction of sp³-hybridized carbons (Fsp3) is 0.318. The van der Waals surface area contributed by atoms with Crippen molar-refractivity contribution in [2.75, 3.05) is 6.54 Å². The van der Waals surface area contributed by atoms with Crippen LogP contribution in [0.25, 0.3) is 5.82 Å². The van der Waals surface area contributed by atoms with Crippen molar-refractivity contribution in [2.24, 2.45) is 4.99 Å². The van der Waals surface area contributed by atoms with Crippen molar-refractivity contribution in [2.45, 2.75) is 40.8 Å². The molecular weight excluding hydrogens is 475 g/mol. The molecule has 29 heavy (non-hydrogen) atoms. The Morgan fingerprint density at radius 1 is 1.03 bits per heavy atom. The van der Waals surface area contributed by atoms with E-state index in [1.807, 2.05) is 42.9 Å². The van der Waals surface area contributed by atoms with Crippen LogP contribution in [0.1, 0.15) is 35.0 Å². The van der Waals surface area contributed by atoms with Crippen LogP contribution >= 0.6 is 24.0 Å². The van der Waals surface area contributed by atoms with Gasteiger partial charge in [-0.25, -0.2) is 14.7 Å². The van der Waals surface area contributed by atoms with E-state index in [2.05, 4.69) is 63.8 Å². The predicted molar refractivity (Wildman–Crippen MR) is 129 cm³/mol. The number of aromatic nitrogens is 3. The van der Waals surface area contributed by atoms with Crippen molar-refractivity contribution in [1.29, 1.82) is 0 Å². The van der Waals surface area contributed by atoms with Crippen LogP contribution in [-0.4, -0.2) is 27.3 Å². The summed E-state index contributed by atoms with van der Waals surface area (Å²) in [5.74, 6) is 1.62. The van der Waals surface area contributed by atoms with Crippen LogP contribution in [0.2, 0.25) is 0 Å². The zero-order valence-electron chi connectivity index (χ0n) is 17.4. The number of nitrogens with one attached hydrogen (secondary N) is 2. The molecule has 7 heteroatoms. The Morgan fingerprint density at radius 2 is 1.86 bits per heavy atom. The summed E-state index contributed by atoms with van der Waals surface area (Å²) in [7, 11) is 0. The monoisotopic (exact) mass is 504 g/mol. The molecule has 0 saturated heterocycles. The summed E-state index contributed by atoms with van der Waals surface area (Å²) >= 11 is 0. The predicted octanol–water partition coefficient (Wildman–Crippen LogP) is 4.07. The van der Waals surface area contributed by atoms with E-state index in [4.69, 9.17) is 0 Å². The van der Waals surface area contributed by atoms with E-state index in [1.165, 1.54) is 11.1 Å². The lowest BCUT2D eigenvalue weighted by Crippen LogP contribution is -2.36. The smallest absolute Gasteiger partial charge is 0.191 e. The SMILES string of the molecule is CCNC(=NCc1ccc(-n2nc(C)cc2C)nc1)NCc1cccc(C)c1.I. The average Bonchev–Trinajstić information content (AvgIpc) is 3.02. The van der Waals surface area contributed by atoms with Gasteiger partial charge in [-0.15, -0.1) is 24.0 Å². The maximum atomic E-state index is 4.68. The number of hydrogen-bond donors (Lipinski definition) is 2. The van der Waals surface area contributed by atoms with Crippen molar-refractivity contribution in [3.8, 4) is 5.82 Å². The molecule has 2 aromatic heterocycles. The summed E-state index contributed by atoms with van der Waals surface area (Å²) in [4.78, 5) is 9.22. The number of guanidine groups is 1. The Hall–Kier alpha value is -2.42. The number of halogens is 1. The number of aliphatic imine (C=N–C) groups is 1. The molecule has 0 aliphatic rings. The first-order valence-electron chi connectivity index (χ1n) is 9.61. The van der Waals surface area contributed by atoms with Gasteiger partial charge in [-0.2, -0.15) is 5.10 Å². The molecule has 2 heterocycles. The van der Waals surface area contributed by atoms with Gasteiger partial charge in [0, 0.05) is 25.0 Å². The van der Waals surface area contributed by atoms with E-state index in [0.717, 1.165) is 41.8 Å². The third-order valence-electron chi connectivity index (χ3n) is 4.34. The molecule has 6 nitrogen and oxygen atoms in total. The third kappa shape index (κ3) is 6.56. The maximum Gasteiger partial charge on any atom is 0.191 e. The molecule has 0 aliphatic carbocycles. The van der Waals surface area contributed by atoms with Gasteiger partial charge in [0.25, 0.3) is 0 Å². The molecule has 0 fully saturated rings. The van der Waals surface area contributed by atoms with Crippen LogP contribution in [0.15, 0.2) is 53.7 Å². The van der Waals surface area contributed by atoms with Gasteiger partial charge in [0.1, 0.15) is 0 Å². The lowest BCUT2D eigenvalue weighted by Gasteiger charge is -2.12. The number of aryl methyl sites for hydroxylation is 3. The summed E-state index contributed by atoms with van der Waals surface area (Å²) in [5, 5.41) is 11.2. The van der Waals surface area contributed by atoms with Crippen molar-refractivity contribution in [1.82, 2.24) is 25.4 Å². The highest BCUT2D eigenvalue weighted by Crippen LogP contribution is 2.11. The van der Waals surface area contributed by atoms with E-state index in [9.17, 15) is 0 Å². The Labute approximate surface area is 189 Å². The fourth-order valence-corrected chi connectivity index (χ4v) is 3.02. The van der Waals surface area contributed by atoms with Crippen LogP contribution < -0.4 is 10.6 Å². The van der Waals surface area contributed by atoms with Crippen LogP contribution in [0.5, 0.6) is 0 Å². The maximum absolute atomic E-state index is 4.68. The minimum Gasteiger partial charge on any atom is -0.357 e. The van der Waals surface area contributed by atoms with E-state index in [1.54, 1.807) is 0 Å². The fourth-order valence-electron chi connectivity index (χ4n) is 3.02. The molecule has 0 unspecified atom stereocenters. The van der Waals surface area contributed by atoms with Crippen molar-refractivity contribution in [3.05, 3.63) is 76.7 Å². The topological polar surface area (TPSA) is 67.1 Å². The highest BCUT2D eigenvalue weighted by Gasteiger charge is 2.05. The third-order valence-corrected chi connectivity index (χ3v) is 4.34. The largest absolute Gasteiger partial charge is 0.357 e. The van der Waals surface area contributed by atoms with Gasteiger partial charge in [0.2, 0.25) is 0 Å². The van der Waals surface area contributed by atoms with Crippen molar-refractivity contribution < 1.29 is 0 Å². The first-order valence-corrected chi connectivity index (χ1v) is 9.61. The molecule has 0 bridgehead atoms. The summed E-state index contributed by atoms with van der Waals surface area (Å²) in [6, 6.07) is 14.5. The van der Waals surface area contributed by atoms with E-state index >= 15 is 0 Å². The first kappa shape index (κ1) is 22.9. The number of nitrogens with zero attached hydrogens (tertiary/aromatic N) is 4. The Morgan fingerprint density at radius 3 is 2.48 bits per heavy atom. The normalized spacial score (nSPS) is 11.1. The van der Waals surface area contributed by atoms with Crippen LogP contribution in [0.3, 0.4) is 0 Å². The number of hydrogen-bond acceptors (Lipinski definition) is 3. The summed E-state index contributed by atoms with van der Waals surface area (Å²) < 4.78 is 1.86. The molecule has 0 amide bonds. The molecule has 2 N–H and O–H groups in total. The zero-order chi connectivity index (χ0) is 19.9. The summed E-state index contributed by atoms with van der Waals surface area (Å²) in [6.07, 6.45) is 1.86. The quantitative estimate of drug-likeness (QED) is 0.302. The second-order valence-corrected chi connectivity index (χ2v) is 6.90. The molecule has 3 aromatic rings. The molecule has 3 rings (SSSR count). The number of benzene rings is 1. The van der Waals surface area contributed by atoms with Gasteiger partial charge in [-0.05, 0) is 51.0 Å². The van der Waals surface area contributed by atoms with Gasteiger partial charge in [-0.1, -0.05) is 35.9 Å². The van der Waals surface area contributed by atoms with Crippen molar-refractivity contribution >= 4 is 29.9 Å². The van der Waals surface area contributed by atoms with Crippen molar-refractivity contribution in [3.63, 3.8) is 0 Å². The lowest BCUT2D eigenvalue weighted by molar-refractivity contribution is 0.799. The standard InChI is InChI=1S/C22H28N6.HI/c1-5-23-22(25-13-19-8-6-7-16(2)11-19)26-15-20-9-10-21(24-14-20)28-18(4)12-17(3)27-28;/h6-12,14H,5,13,15H2,1-4H3,(H2,23,25,26);1H. The molecule has 1 aromatic carbocycles. The highest BCUT2D eigenvalue weighted by atomic mass is 127. The van der Waals surface area contributed by atoms with Crippen LogP contribution in [0, 0.1) is 20.8 Å². The molecule has 0 radical (unpaired) electrons. The summed E-state index contributed by atoms with van der Waals surface area (Å²) in [6.45, 7) is 10.3.